The largest absolute Gasteiger partial charge is 0.381 e. The molecule has 0 fully saturated rings. The lowest BCUT2D eigenvalue weighted by molar-refractivity contribution is -0.118. The summed E-state index contributed by atoms with van der Waals surface area (Å²) in [7, 11) is -3.61. The average molecular weight is 375 g/mol. The molecule has 0 saturated carbocycles. The van der Waals surface area contributed by atoms with Gasteiger partial charge >= 0.3 is 0 Å². The van der Waals surface area contributed by atoms with Crippen LogP contribution in [0.3, 0.4) is 0 Å². The number of carbonyl (C=O) groups is 1. The van der Waals surface area contributed by atoms with E-state index < -0.39 is 20.5 Å². The van der Waals surface area contributed by atoms with Crippen LogP contribution in [0.15, 0.2) is 10.6 Å². The maximum atomic E-state index is 12.5. The van der Waals surface area contributed by atoms with Crippen LogP contribution in [0.25, 0.3) is 0 Å². The van der Waals surface area contributed by atoms with Gasteiger partial charge in [0.1, 0.15) is 4.75 Å². The van der Waals surface area contributed by atoms with Crippen LogP contribution in [0.4, 0.5) is 5.88 Å². The number of rotatable bonds is 9. The molecule has 1 aromatic rings. The summed E-state index contributed by atoms with van der Waals surface area (Å²) in [6.07, 6.45) is 0. The van der Waals surface area contributed by atoms with Crippen LogP contribution < -0.4 is 5.32 Å². The third kappa shape index (κ3) is 5.28. The number of aromatic nitrogens is 1. The summed E-state index contributed by atoms with van der Waals surface area (Å²) in [6, 6.07) is 1.60. The summed E-state index contributed by atoms with van der Waals surface area (Å²) in [5, 5.41) is 6.49. The molecule has 0 aromatic carbocycles. The molecule has 0 aliphatic heterocycles. The Kier molecular flexibility index (Phi) is 6.81. The van der Waals surface area contributed by atoms with E-state index in [1.165, 1.54) is 13.8 Å². The molecular weight excluding hydrogens is 344 g/mol. The quantitative estimate of drug-likeness (QED) is 0.713. The van der Waals surface area contributed by atoms with Crippen molar-refractivity contribution in [1.82, 2.24) is 5.16 Å². The lowest BCUT2D eigenvalue weighted by Crippen LogP contribution is -2.46. The minimum atomic E-state index is -3.61. The summed E-state index contributed by atoms with van der Waals surface area (Å²) in [4.78, 5) is 12.5. The molecule has 1 amide bonds. The van der Waals surface area contributed by atoms with Crippen molar-refractivity contribution in [3.63, 3.8) is 0 Å². The monoisotopic (exact) mass is 374 g/mol. The van der Waals surface area contributed by atoms with Crippen molar-refractivity contribution in [3.05, 3.63) is 11.8 Å². The third-order valence-corrected chi connectivity index (χ3v) is 6.83. The van der Waals surface area contributed by atoms with Crippen LogP contribution in [-0.4, -0.2) is 43.2 Å². The maximum Gasteiger partial charge on any atom is 0.247 e. The molecule has 0 radical (unpaired) electrons. The van der Waals surface area contributed by atoms with E-state index in [0.29, 0.717) is 18.9 Å². The predicted molar refractivity (Wildman–Crippen MR) is 97.4 cm³/mol. The first-order chi connectivity index (χ1) is 11.3. The normalized spacial score (nSPS) is 13.3. The van der Waals surface area contributed by atoms with E-state index in [1.807, 2.05) is 20.8 Å². The van der Waals surface area contributed by atoms with Gasteiger partial charge in [-0.1, -0.05) is 32.9 Å². The number of amides is 1. The summed E-state index contributed by atoms with van der Waals surface area (Å²) in [5.41, 5.74) is 0.237. The standard InChI is InChI=1S/C17H30N2O5S/c1-8-23-11-16(4,5)13-9-14(24-19-13)18-15(20)17(6,7)25(21,22)10-12(2)3/h9,12H,8,10-11H2,1-7H3,(H,18,20). The van der Waals surface area contributed by atoms with Gasteiger partial charge in [0.05, 0.1) is 18.1 Å². The fourth-order valence-corrected chi connectivity index (χ4v) is 3.76. The van der Waals surface area contributed by atoms with Crippen LogP contribution in [0.2, 0.25) is 0 Å². The minimum absolute atomic E-state index is 0.0591. The summed E-state index contributed by atoms with van der Waals surface area (Å²) < 4.78 is 33.9. The highest BCUT2D eigenvalue weighted by molar-refractivity contribution is 7.93. The Bertz CT molecular complexity index is 690. The van der Waals surface area contributed by atoms with Gasteiger partial charge in [-0.3, -0.25) is 10.1 Å². The first-order valence-corrected chi connectivity index (χ1v) is 10.1. The van der Waals surface area contributed by atoms with Gasteiger partial charge in [0.2, 0.25) is 11.8 Å². The van der Waals surface area contributed by atoms with Crippen molar-refractivity contribution in [2.75, 3.05) is 24.3 Å². The van der Waals surface area contributed by atoms with Crippen LogP contribution in [-0.2, 0) is 24.8 Å². The second-order valence-electron chi connectivity index (χ2n) is 7.74. The molecule has 0 spiro atoms. The number of hydrogen-bond donors (Lipinski definition) is 1. The zero-order valence-electron chi connectivity index (χ0n) is 16.2. The number of hydrogen-bond acceptors (Lipinski definition) is 6. The van der Waals surface area contributed by atoms with Gasteiger partial charge in [0, 0.05) is 18.1 Å². The zero-order chi connectivity index (χ0) is 19.5. The second-order valence-corrected chi connectivity index (χ2v) is 10.3. The van der Waals surface area contributed by atoms with Gasteiger partial charge in [-0.2, -0.15) is 0 Å². The van der Waals surface area contributed by atoms with E-state index in [2.05, 4.69) is 10.5 Å². The molecule has 0 saturated heterocycles. The smallest absolute Gasteiger partial charge is 0.247 e. The average Bonchev–Trinajstić information content (AvgIpc) is 2.93. The second kappa shape index (κ2) is 7.86. The highest BCUT2D eigenvalue weighted by atomic mass is 32.2. The Morgan fingerprint density at radius 2 is 1.92 bits per heavy atom. The van der Waals surface area contributed by atoms with Crippen molar-refractivity contribution in [2.45, 2.75) is 58.6 Å². The van der Waals surface area contributed by atoms with E-state index in [1.54, 1.807) is 19.9 Å². The Morgan fingerprint density at radius 3 is 2.44 bits per heavy atom. The number of sulfone groups is 1. The van der Waals surface area contributed by atoms with Crippen LogP contribution in [0, 0.1) is 5.92 Å². The van der Waals surface area contributed by atoms with Gasteiger partial charge in [0.15, 0.2) is 9.84 Å². The molecule has 0 unspecified atom stereocenters. The molecule has 0 aliphatic carbocycles. The van der Waals surface area contributed by atoms with Gasteiger partial charge in [0.25, 0.3) is 0 Å². The minimum Gasteiger partial charge on any atom is -0.381 e. The molecule has 0 atom stereocenters. The van der Waals surface area contributed by atoms with Crippen molar-refractivity contribution >= 4 is 21.6 Å². The molecule has 7 nitrogen and oxygen atoms in total. The Balaban J connectivity index is 2.91. The SMILES string of the molecule is CCOCC(C)(C)c1cc(NC(=O)C(C)(C)S(=O)(=O)CC(C)C)on1. The van der Waals surface area contributed by atoms with Crippen LogP contribution in [0.1, 0.15) is 54.2 Å². The van der Waals surface area contributed by atoms with E-state index in [9.17, 15) is 13.2 Å². The van der Waals surface area contributed by atoms with Crippen molar-refractivity contribution in [3.8, 4) is 0 Å². The Labute approximate surface area is 150 Å². The lowest BCUT2D eigenvalue weighted by atomic mass is 9.90. The number of nitrogens with one attached hydrogen (secondary N) is 1. The molecule has 1 aromatic heterocycles. The van der Waals surface area contributed by atoms with Gasteiger partial charge in [-0.05, 0) is 26.7 Å². The van der Waals surface area contributed by atoms with Crippen molar-refractivity contribution in [1.29, 1.82) is 0 Å². The van der Waals surface area contributed by atoms with E-state index in [4.69, 9.17) is 9.26 Å². The van der Waals surface area contributed by atoms with Crippen LogP contribution >= 0.6 is 0 Å². The van der Waals surface area contributed by atoms with E-state index in [-0.39, 0.29) is 23.0 Å². The molecular formula is C17H30N2O5S. The molecule has 0 aliphatic rings. The molecule has 8 heteroatoms. The topological polar surface area (TPSA) is 98.5 Å². The number of nitrogens with zero attached hydrogens (tertiary/aromatic N) is 1. The molecule has 1 heterocycles. The molecule has 0 bridgehead atoms. The Morgan fingerprint density at radius 1 is 1.32 bits per heavy atom. The summed E-state index contributed by atoms with van der Waals surface area (Å²) >= 11 is 0. The fourth-order valence-electron chi connectivity index (χ4n) is 2.14. The lowest BCUT2D eigenvalue weighted by Gasteiger charge is -2.24. The Hall–Kier alpha value is -1.41. The van der Waals surface area contributed by atoms with Gasteiger partial charge < -0.3 is 9.26 Å². The number of anilines is 1. The van der Waals surface area contributed by atoms with Crippen molar-refractivity contribution < 1.29 is 22.5 Å². The number of carbonyl (C=O) groups excluding carboxylic acids is 1. The predicted octanol–water partition coefficient (Wildman–Crippen LogP) is 2.78. The third-order valence-electron chi connectivity index (χ3n) is 3.98. The highest BCUT2D eigenvalue weighted by Gasteiger charge is 2.42. The molecule has 1 rings (SSSR count). The molecule has 25 heavy (non-hydrogen) atoms. The highest BCUT2D eigenvalue weighted by Crippen LogP contribution is 2.27. The molecule has 1 N–H and O–H groups in total. The van der Waals surface area contributed by atoms with Crippen molar-refractivity contribution in [2.24, 2.45) is 5.92 Å². The summed E-state index contributed by atoms with van der Waals surface area (Å²) in [5.74, 6) is -0.639. The van der Waals surface area contributed by atoms with Gasteiger partial charge in [-0.15, -0.1) is 0 Å². The summed E-state index contributed by atoms with van der Waals surface area (Å²) in [6.45, 7) is 13.2. The maximum absolute atomic E-state index is 12.5. The number of ether oxygens (including phenoxy) is 1. The zero-order valence-corrected chi connectivity index (χ0v) is 17.0. The first-order valence-electron chi connectivity index (χ1n) is 8.42. The fraction of sp³-hybridized carbons (Fsp3) is 0.765. The molecule has 144 valence electrons. The van der Waals surface area contributed by atoms with E-state index in [0.717, 1.165) is 0 Å². The van der Waals surface area contributed by atoms with Gasteiger partial charge in [-0.25, -0.2) is 8.42 Å². The van der Waals surface area contributed by atoms with E-state index >= 15 is 0 Å². The van der Waals surface area contributed by atoms with Crippen LogP contribution in [0.5, 0.6) is 0 Å². The first kappa shape index (κ1) is 21.6.